The van der Waals surface area contributed by atoms with Crippen molar-refractivity contribution < 1.29 is 19.4 Å². The molecular formula is C8H15NO4. The smallest absolute Gasteiger partial charge is 0.407 e. The normalized spacial score (nSPS) is 11.8. The van der Waals surface area contributed by atoms with Gasteiger partial charge in [0, 0.05) is 0 Å². The summed E-state index contributed by atoms with van der Waals surface area (Å²) in [6, 6.07) is -0.840. The molecule has 0 aliphatic heterocycles. The Morgan fingerprint density at radius 2 is 2.15 bits per heavy atom. The monoisotopic (exact) mass is 189 g/mol. The number of carbonyl (C=O) groups excluding carboxylic acids is 1. The Morgan fingerprint density at radius 1 is 1.54 bits per heavy atom. The number of aliphatic carboxylic acids is 1. The predicted molar refractivity (Wildman–Crippen MR) is 46.5 cm³/mol. The van der Waals surface area contributed by atoms with Gasteiger partial charge in [-0.1, -0.05) is 19.8 Å². The van der Waals surface area contributed by atoms with Crippen LogP contribution >= 0.6 is 0 Å². The number of carbonyl (C=O) groups is 2. The molecule has 5 nitrogen and oxygen atoms in total. The Bertz CT molecular complexity index is 181. The first kappa shape index (κ1) is 11.7. The van der Waals surface area contributed by atoms with E-state index >= 15 is 0 Å². The molecule has 1 atom stereocenters. The average Bonchev–Trinajstić information content (AvgIpc) is 2.11. The zero-order valence-electron chi connectivity index (χ0n) is 7.87. The topological polar surface area (TPSA) is 75.6 Å². The molecule has 0 aliphatic carbocycles. The summed E-state index contributed by atoms with van der Waals surface area (Å²) < 4.78 is 4.30. The number of rotatable bonds is 5. The molecular weight excluding hydrogens is 174 g/mol. The summed E-state index contributed by atoms with van der Waals surface area (Å²) in [5.41, 5.74) is 0. The molecule has 0 aromatic rings. The molecule has 0 saturated heterocycles. The van der Waals surface area contributed by atoms with Crippen molar-refractivity contribution in [3.8, 4) is 0 Å². The number of amides is 1. The largest absolute Gasteiger partial charge is 0.480 e. The summed E-state index contributed by atoms with van der Waals surface area (Å²) in [6.45, 7) is 1.96. The van der Waals surface area contributed by atoms with Gasteiger partial charge in [0.2, 0.25) is 0 Å². The fraction of sp³-hybridized carbons (Fsp3) is 0.750. The number of carboxylic acids is 1. The molecule has 1 amide bonds. The second-order valence-electron chi connectivity index (χ2n) is 2.67. The molecule has 0 aliphatic rings. The fourth-order valence-corrected chi connectivity index (χ4v) is 0.867. The first-order chi connectivity index (χ1) is 6.11. The van der Waals surface area contributed by atoms with Crippen LogP contribution in [0.25, 0.3) is 0 Å². The molecule has 13 heavy (non-hydrogen) atoms. The minimum absolute atomic E-state index is 0.431. The van der Waals surface area contributed by atoms with Crippen molar-refractivity contribution in [2.45, 2.75) is 32.2 Å². The molecule has 0 heterocycles. The molecule has 0 aromatic heterocycles. The minimum Gasteiger partial charge on any atom is -0.480 e. The predicted octanol–water partition coefficient (Wildman–Crippen LogP) is 0.986. The minimum atomic E-state index is -1.03. The Morgan fingerprint density at radius 3 is 2.54 bits per heavy atom. The van der Waals surface area contributed by atoms with Crippen molar-refractivity contribution in [2.24, 2.45) is 0 Å². The maximum Gasteiger partial charge on any atom is 0.407 e. The van der Waals surface area contributed by atoms with Crippen LogP contribution in [0.2, 0.25) is 0 Å². The molecule has 76 valence electrons. The van der Waals surface area contributed by atoms with Gasteiger partial charge in [0.1, 0.15) is 6.04 Å². The van der Waals surface area contributed by atoms with Crippen molar-refractivity contribution in [1.29, 1.82) is 0 Å². The van der Waals surface area contributed by atoms with Crippen LogP contribution in [0.1, 0.15) is 26.2 Å². The van der Waals surface area contributed by atoms with E-state index in [1.54, 1.807) is 0 Å². The summed E-state index contributed by atoms with van der Waals surface area (Å²) in [6.07, 6.45) is 1.39. The van der Waals surface area contributed by atoms with Gasteiger partial charge in [0.15, 0.2) is 0 Å². The average molecular weight is 189 g/mol. The lowest BCUT2D eigenvalue weighted by Gasteiger charge is -2.12. The van der Waals surface area contributed by atoms with Gasteiger partial charge >= 0.3 is 12.1 Å². The number of hydrogen-bond acceptors (Lipinski definition) is 3. The van der Waals surface area contributed by atoms with Gasteiger partial charge in [-0.3, -0.25) is 0 Å². The van der Waals surface area contributed by atoms with Gasteiger partial charge in [-0.15, -0.1) is 0 Å². The Balaban J connectivity index is 3.94. The fourth-order valence-electron chi connectivity index (χ4n) is 0.867. The molecule has 0 spiro atoms. The van der Waals surface area contributed by atoms with E-state index in [1.807, 2.05) is 6.92 Å². The first-order valence-electron chi connectivity index (χ1n) is 4.19. The summed E-state index contributed by atoms with van der Waals surface area (Å²) in [5.74, 6) is -1.03. The number of unbranched alkanes of at least 4 members (excludes halogenated alkanes) is 1. The second-order valence-corrected chi connectivity index (χ2v) is 2.67. The van der Waals surface area contributed by atoms with Crippen LogP contribution in [0.4, 0.5) is 4.79 Å². The highest BCUT2D eigenvalue weighted by Gasteiger charge is 2.18. The molecule has 0 radical (unpaired) electrons. The van der Waals surface area contributed by atoms with E-state index in [-0.39, 0.29) is 0 Å². The standard InChI is InChI=1S/C8H15NO4/c1-3-4-5-6(7(10)11)9-8(12)13-2/h6H,3-5H2,1-2H3,(H,9,12)(H,10,11). The zero-order chi connectivity index (χ0) is 10.3. The van der Waals surface area contributed by atoms with Crippen molar-refractivity contribution >= 4 is 12.1 Å². The second kappa shape index (κ2) is 6.28. The van der Waals surface area contributed by atoms with Crippen LogP contribution < -0.4 is 5.32 Å². The molecule has 0 saturated carbocycles. The number of carboxylic acid groups (broad SMARTS) is 1. The molecule has 0 rings (SSSR count). The first-order valence-corrected chi connectivity index (χ1v) is 4.19. The van der Waals surface area contributed by atoms with Gasteiger partial charge in [0.25, 0.3) is 0 Å². The highest BCUT2D eigenvalue weighted by molar-refractivity contribution is 5.79. The van der Waals surface area contributed by atoms with E-state index in [0.29, 0.717) is 6.42 Å². The van der Waals surface area contributed by atoms with Crippen LogP contribution in [0.3, 0.4) is 0 Å². The van der Waals surface area contributed by atoms with Crippen LogP contribution in [0.15, 0.2) is 0 Å². The molecule has 1 unspecified atom stereocenters. The lowest BCUT2D eigenvalue weighted by atomic mass is 10.1. The van der Waals surface area contributed by atoms with Crippen molar-refractivity contribution in [2.75, 3.05) is 7.11 Å². The van der Waals surface area contributed by atoms with E-state index in [1.165, 1.54) is 7.11 Å². The van der Waals surface area contributed by atoms with E-state index < -0.39 is 18.1 Å². The molecule has 5 heteroatoms. The van der Waals surface area contributed by atoms with Crippen molar-refractivity contribution in [3.63, 3.8) is 0 Å². The molecule has 0 aromatic carbocycles. The van der Waals surface area contributed by atoms with E-state index in [2.05, 4.69) is 10.1 Å². The number of nitrogens with one attached hydrogen (secondary N) is 1. The third-order valence-corrected chi connectivity index (χ3v) is 1.62. The SMILES string of the molecule is CCCCC(NC(=O)OC)C(=O)O. The number of alkyl carbamates (subject to hydrolysis) is 1. The summed E-state index contributed by atoms with van der Waals surface area (Å²) in [5, 5.41) is 10.9. The summed E-state index contributed by atoms with van der Waals surface area (Å²) >= 11 is 0. The number of ether oxygens (including phenoxy) is 1. The van der Waals surface area contributed by atoms with E-state index in [4.69, 9.17) is 5.11 Å². The van der Waals surface area contributed by atoms with Crippen molar-refractivity contribution in [1.82, 2.24) is 5.32 Å². The molecule has 2 N–H and O–H groups in total. The van der Waals surface area contributed by atoms with Gasteiger partial charge in [-0.05, 0) is 6.42 Å². The quantitative estimate of drug-likeness (QED) is 0.676. The molecule has 0 fully saturated rings. The Kier molecular flexibility index (Phi) is 5.67. The molecule has 0 bridgehead atoms. The lowest BCUT2D eigenvalue weighted by molar-refractivity contribution is -0.139. The van der Waals surface area contributed by atoms with E-state index in [0.717, 1.165) is 12.8 Å². The van der Waals surface area contributed by atoms with Crippen LogP contribution in [-0.2, 0) is 9.53 Å². The number of methoxy groups -OCH3 is 1. The Labute approximate surface area is 77.1 Å². The van der Waals surface area contributed by atoms with Gasteiger partial charge in [-0.25, -0.2) is 9.59 Å². The van der Waals surface area contributed by atoms with Crippen LogP contribution in [0.5, 0.6) is 0 Å². The highest BCUT2D eigenvalue weighted by atomic mass is 16.5. The van der Waals surface area contributed by atoms with Gasteiger partial charge in [-0.2, -0.15) is 0 Å². The Hall–Kier alpha value is -1.26. The van der Waals surface area contributed by atoms with Crippen molar-refractivity contribution in [3.05, 3.63) is 0 Å². The third-order valence-electron chi connectivity index (χ3n) is 1.62. The van der Waals surface area contributed by atoms with Crippen LogP contribution in [0, 0.1) is 0 Å². The zero-order valence-corrected chi connectivity index (χ0v) is 7.87. The van der Waals surface area contributed by atoms with Gasteiger partial charge < -0.3 is 15.2 Å². The lowest BCUT2D eigenvalue weighted by Crippen LogP contribution is -2.40. The highest BCUT2D eigenvalue weighted by Crippen LogP contribution is 2.00. The summed E-state index contributed by atoms with van der Waals surface area (Å²) in [4.78, 5) is 21.3. The van der Waals surface area contributed by atoms with Gasteiger partial charge in [0.05, 0.1) is 7.11 Å². The number of hydrogen-bond donors (Lipinski definition) is 2. The maximum absolute atomic E-state index is 10.7. The van der Waals surface area contributed by atoms with E-state index in [9.17, 15) is 9.59 Å². The summed E-state index contributed by atoms with van der Waals surface area (Å²) in [7, 11) is 1.20. The maximum atomic E-state index is 10.7. The third kappa shape index (κ3) is 5.05. The van der Waals surface area contributed by atoms with Crippen LogP contribution in [-0.4, -0.2) is 30.3 Å².